The molecule has 0 aromatic carbocycles. The first-order valence-electron chi connectivity index (χ1n) is 6.95. The maximum Gasteiger partial charge on any atom is 0.230 e. The van der Waals surface area contributed by atoms with Crippen molar-refractivity contribution in [2.24, 2.45) is 5.92 Å². The predicted molar refractivity (Wildman–Crippen MR) is 73.6 cm³/mol. The van der Waals surface area contributed by atoms with Crippen LogP contribution in [0.2, 0.25) is 0 Å². The molecule has 0 saturated carbocycles. The standard InChI is InChI=1S/C14H21BN2O2/c1-7-6-14(4)12(17(15)8(7)2)10-11(19-14)9(3)16(5)13(10)18/h6,8-12H,1-5H3. The summed E-state index contributed by atoms with van der Waals surface area (Å²) in [6, 6.07) is 0.183. The minimum atomic E-state index is -0.453. The van der Waals surface area contributed by atoms with Gasteiger partial charge in [-0.3, -0.25) is 4.79 Å². The van der Waals surface area contributed by atoms with Crippen LogP contribution in [-0.2, 0) is 9.53 Å². The number of rotatable bonds is 0. The fraction of sp³-hybridized carbons (Fsp3) is 0.786. The lowest BCUT2D eigenvalue weighted by Crippen LogP contribution is -2.57. The summed E-state index contributed by atoms with van der Waals surface area (Å²) in [6.07, 6.45) is 2.09. The molecule has 6 unspecified atom stereocenters. The van der Waals surface area contributed by atoms with Crippen molar-refractivity contribution in [1.82, 2.24) is 9.71 Å². The quantitative estimate of drug-likeness (QED) is 0.475. The van der Waals surface area contributed by atoms with Crippen LogP contribution >= 0.6 is 0 Å². The number of carbonyl (C=O) groups excluding carboxylic acids is 1. The SMILES string of the molecule is [B]N1C(C)C(C)=CC2(C)OC3C(C(=O)N(C)C3C)C12. The van der Waals surface area contributed by atoms with E-state index in [2.05, 4.69) is 19.9 Å². The molecule has 102 valence electrons. The Balaban J connectivity index is 2.06. The second-order valence-electron chi connectivity index (χ2n) is 6.44. The third-order valence-corrected chi connectivity index (χ3v) is 5.33. The van der Waals surface area contributed by atoms with Crippen molar-refractivity contribution in [2.75, 3.05) is 7.05 Å². The molecule has 5 heteroatoms. The van der Waals surface area contributed by atoms with E-state index in [4.69, 9.17) is 12.7 Å². The van der Waals surface area contributed by atoms with Gasteiger partial charge in [-0.2, -0.15) is 0 Å². The van der Waals surface area contributed by atoms with Gasteiger partial charge in [0.15, 0.2) is 7.98 Å². The summed E-state index contributed by atoms with van der Waals surface area (Å²) in [5, 5.41) is 0. The zero-order chi connectivity index (χ0) is 14.1. The molecule has 1 amide bonds. The summed E-state index contributed by atoms with van der Waals surface area (Å²) in [7, 11) is 8.14. The molecular weight excluding hydrogens is 239 g/mol. The number of hydrogen-bond donors (Lipinski definition) is 0. The van der Waals surface area contributed by atoms with Gasteiger partial charge in [0.05, 0.1) is 23.7 Å². The first-order chi connectivity index (χ1) is 8.78. The normalized spacial score (nSPS) is 50.2. The van der Waals surface area contributed by atoms with Gasteiger partial charge >= 0.3 is 0 Å². The number of ether oxygens (including phenoxy) is 1. The average Bonchev–Trinajstić information content (AvgIpc) is 2.75. The van der Waals surface area contributed by atoms with E-state index in [1.807, 2.05) is 25.7 Å². The zero-order valence-electron chi connectivity index (χ0n) is 12.3. The van der Waals surface area contributed by atoms with Gasteiger partial charge in [-0.05, 0) is 27.7 Å². The van der Waals surface area contributed by atoms with Crippen LogP contribution in [0.4, 0.5) is 0 Å². The van der Waals surface area contributed by atoms with Crippen molar-refractivity contribution < 1.29 is 9.53 Å². The Labute approximate surface area is 116 Å². The van der Waals surface area contributed by atoms with Crippen LogP contribution in [0.15, 0.2) is 11.6 Å². The number of carbonyl (C=O) groups is 1. The molecule has 3 aliphatic heterocycles. The molecule has 0 aromatic heterocycles. The van der Waals surface area contributed by atoms with E-state index in [1.54, 1.807) is 4.90 Å². The van der Waals surface area contributed by atoms with E-state index in [-0.39, 0.29) is 36.1 Å². The number of fused-ring (bicyclic) bond motifs is 3. The highest BCUT2D eigenvalue weighted by atomic mass is 16.5. The van der Waals surface area contributed by atoms with Gasteiger partial charge in [-0.15, -0.1) is 0 Å². The first-order valence-corrected chi connectivity index (χ1v) is 6.95. The molecule has 4 nitrogen and oxygen atoms in total. The van der Waals surface area contributed by atoms with E-state index in [1.165, 1.54) is 5.57 Å². The Kier molecular flexibility index (Phi) is 2.68. The molecule has 2 saturated heterocycles. The van der Waals surface area contributed by atoms with E-state index in [0.717, 1.165) is 0 Å². The van der Waals surface area contributed by atoms with Gasteiger partial charge in [-0.25, -0.2) is 0 Å². The van der Waals surface area contributed by atoms with Gasteiger partial charge < -0.3 is 14.4 Å². The van der Waals surface area contributed by atoms with Crippen molar-refractivity contribution in [3.8, 4) is 0 Å². The third-order valence-electron chi connectivity index (χ3n) is 5.33. The summed E-state index contributed by atoms with van der Waals surface area (Å²) in [6.45, 7) is 8.24. The van der Waals surface area contributed by atoms with Crippen molar-refractivity contribution in [2.45, 2.75) is 57.5 Å². The molecule has 3 aliphatic rings. The number of amides is 1. The van der Waals surface area contributed by atoms with Gasteiger partial charge in [-0.1, -0.05) is 11.6 Å². The number of hydrogen-bond acceptors (Lipinski definition) is 3. The maximum atomic E-state index is 12.5. The van der Waals surface area contributed by atoms with Crippen molar-refractivity contribution in [3.63, 3.8) is 0 Å². The van der Waals surface area contributed by atoms with Crippen molar-refractivity contribution in [1.29, 1.82) is 0 Å². The van der Waals surface area contributed by atoms with Crippen LogP contribution < -0.4 is 0 Å². The van der Waals surface area contributed by atoms with Gasteiger partial charge in [0.1, 0.15) is 0 Å². The Bertz CT molecular complexity index is 466. The molecule has 0 aliphatic carbocycles. The second-order valence-corrected chi connectivity index (χ2v) is 6.44. The fourth-order valence-electron chi connectivity index (χ4n) is 3.95. The van der Waals surface area contributed by atoms with E-state index in [0.29, 0.717) is 0 Å². The topological polar surface area (TPSA) is 32.8 Å². The Morgan fingerprint density at radius 2 is 2.05 bits per heavy atom. The predicted octanol–water partition coefficient (Wildman–Crippen LogP) is 0.723. The van der Waals surface area contributed by atoms with Crippen LogP contribution in [0.5, 0.6) is 0 Å². The first kappa shape index (κ1) is 13.2. The van der Waals surface area contributed by atoms with Crippen molar-refractivity contribution >= 4 is 13.9 Å². The molecule has 3 rings (SSSR count). The van der Waals surface area contributed by atoms with Crippen LogP contribution in [0.25, 0.3) is 0 Å². The molecule has 0 aromatic rings. The summed E-state index contributed by atoms with van der Waals surface area (Å²) in [5.74, 6) is 0.00336. The highest BCUT2D eigenvalue weighted by Crippen LogP contribution is 2.48. The third kappa shape index (κ3) is 1.51. The molecule has 2 radical (unpaired) electrons. The summed E-state index contributed by atoms with van der Waals surface area (Å²) in [5.41, 5.74) is 0.751. The molecule has 0 spiro atoms. The van der Waals surface area contributed by atoms with Gasteiger partial charge in [0.25, 0.3) is 0 Å². The summed E-state index contributed by atoms with van der Waals surface area (Å²) >= 11 is 0. The van der Waals surface area contributed by atoms with E-state index < -0.39 is 5.60 Å². The maximum absolute atomic E-state index is 12.5. The Hall–Kier alpha value is -0.805. The van der Waals surface area contributed by atoms with Crippen molar-refractivity contribution in [3.05, 3.63) is 11.6 Å². The minimum absolute atomic E-state index is 0.0621. The van der Waals surface area contributed by atoms with Crippen LogP contribution in [0, 0.1) is 5.92 Å². The molecule has 0 bridgehead atoms. The monoisotopic (exact) mass is 260 g/mol. The lowest BCUT2D eigenvalue weighted by molar-refractivity contribution is -0.132. The lowest BCUT2D eigenvalue weighted by Gasteiger charge is -2.45. The molecule has 19 heavy (non-hydrogen) atoms. The fourth-order valence-corrected chi connectivity index (χ4v) is 3.95. The highest BCUT2D eigenvalue weighted by molar-refractivity contribution is 6.05. The minimum Gasteiger partial charge on any atom is -0.363 e. The summed E-state index contributed by atoms with van der Waals surface area (Å²) in [4.78, 5) is 16.1. The molecular formula is C14H21BN2O2. The Morgan fingerprint density at radius 1 is 1.42 bits per heavy atom. The number of likely N-dealkylation sites (tertiary alicyclic amines) is 1. The number of likely N-dealkylation sites (N-methyl/N-ethyl adjacent to an activating group) is 1. The number of nitrogens with zero attached hydrogens (tertiary/aromatic N) is 2. The smallest absolute Gasteiger partial charge is 0.230 e. The van der Waals surface area contributed by atoms with Crippen LogP contribution in [-0.4, -0.2) is 60.5 Å². The molecule has 3 heterocycles. The van der Waals surface area contributed by atoms with Gasteiger partial charge in [0, 0.05) is 19.1 Å². The second kappa shape index (κ2) is 3.86. The highest BCUT2D eigenvalue weighted by Gasteiger charge is 2.63. The van der Waals surface area contributed by atoms with E-state index >= 15 is 0 Å². The summed E-state index contributed by atoms with van der Waals surface area (Å²) < 4.78 is 6.26. The molecule has 2 fully saturated rings. The Morgan fingerprint density at radius 3 is 2.68 bits per heavy atom. The van der Waals surface area contributed by atoms with Crippen LogP contribution in [0.1, 0.15) is 27.7 Å². The largest absolute Gasteiger partial charge is 0.363 e. The van der Waals surface area contributed by atoms with E-state index in [9.17, 15) is 4.79 Å². The van der Waals surface area contributed by atoms with Crippen LogP contribution in [0.3, 0.4) is 0 Å². The van der Waals surface area contributed by atoms with Gasteiger partial charge in [0.2, 0.25) is 5.91 Å². The zero-order valence-corrected chi connectivity index (χ0v) is 12.3. The molecule has 0 N–H and O–H groups in total. The molecule has 6 atom stereocenters. The average molecular weight is 260 g/mol. The lowest BCUT2D eigenvalue weighted by atomic mass is 9.78.